The molecule has 0 aromatic heterocycles. The number of nitrogens with zero attached hydrogens (tertiary/aromatic N) is 3. The first-order valence-corrected chi connectivity index (χ1v) is 27.2. The number of amides is 2. The number of carbonyl (C=O) groups excluding carboxylic acids is 3. The summed E-state index contributed by atoms with van der Waals surface area (Å²) in [5.41, 5.74) is 5.52. The van der Waals surface area contributed by atoms with Gasteiger partial charge in [-0.15, -0.1) is 5.06 Å². The Bertz CT molecular complexity index is 2950. The third-order valence-corrected chi connectivity index (χ3v) is 14.8. The van der Waals surface area contributed by atoms with Crippen LogP contribution in [0.25, 0.3) is 16.9 Å². The fraction of sp³-hybridized carbons (Fsp3) is 0.434. The van der Waals surface area contributed by atoms with Crippen molar-refractivity contribution >= 4 is 72.0 Å². The second-order valence-electron chi connectivity index (χ2n) is 18.8. The smallest absolute Gasteiger partial charge is 0.744 e. The molecule has 2 amide bonds. The van der Waals surface area contributed by atoms with Crippen molar-refractivity contribution < 1.29 is 103 Å². The van der Waals surface area contributed by atoms with Crippen LogP contribution in [0.2, 0.25) is 0 Å². The van der Waals surface area contributed by atoms with E-state index < -0.39 is 54.1 Å². The average molecular weight is 1070 g/mol. The van der Waals surface area contributed by atoms with E-state index in [2.05, 4.69) is 43.9 Å². The van der Waals surface area contributed by atoms with Crippen LogP contribution >= 0.6 is 0 Å². The molecule has 0 bridgehead atoms. The van der Waals surface area contributed by atoms with E-state index in [4.69, 9.17) is 28.5 Å². The molecular weight excluding hydrogens is 1010 g/mol. The number of ether oxygens (including phenoxy) is 5. The van der Waals surface area contributed by atoms with Crippen molar-refractivity contribution in [1.82, 2.24) is 5.06 Å². The molecule has 7 rings (SSSR count). The van der Waals surface area contributed by atoms with Crippen LogP contribution in [0.4, 0.5) is 11.4 Å². The summed E-state index contributed by atoms with van der Waals surface area (Å²) >= 11 is 0. The SMILES string of the molecule is COCCOCCOCCOCCN1c2cc3c(cc2C(C)=CC1(C)C)C(=CC=CC1=[N+](CCCS(=O)(=O)O)c2ccc(S(=O)(=O)[O-])cc2C1(C)CCCC(=O)ON1C(=O)CCC1=O)C=C(c1ccccc1)O3.[Na+]. The largest absolute Gasteiger partial charge is 1.00 e. The van der Waals surface area contributed by atoms with Crippen molar-refractivity contribution in [3.8, 4) is 5.75 Å². The van der Waals surface area contributed by atoms with Crippen LogP contribution in [-0.4, -0.2) is 137 Å². The van der Waals surface area contributed by atoms with E-state index in [0.717, 1.165) is 33.5 Å². The number of carbonyl (C=O) groups is 3. The van der Waals surface area contributed by atoms with E-state index >= 15 is 0 Å². The molecule has 1 N–H and O–H groups in total. The van der Waals surface area contributed by atoms with Gasteiger partial charge in [-0.05, 0) is 76.0 Å². The molecule has 4 aliphatic heterocycles. The average Bonchev–Trinajstić information content (AvgIpc) is 3.77. The minimum atomic E-state index is -4.93. The first kappa shape index (κ1) is 58.4. The van der Waals surface area contributed by atoms with Gasteiger partial charge in [-0.1, -0.05) is 48.6 Å². The Labute approximate surface area is 455 Å². The van der Waals surface area contributed by atoms with Crippen molar-refractivity contribution in [1.29, 1.82) is 0 Å². The van der Waals surface area contributed by atoms with Gasteiger partial charge in [-0.25, -0.2) is 13.2 Å². The van der Waals surface area contributed by atoms with Gasteiger partial charge in [-0.3, -0.25) is 14.1 Å². The van der Waals surface area contributed by atoms with Gasteiger partial charge in [0, 0.05) is 85.5 Å². The molecule has 1 unspecified atom stereocenters. The molecule has 18 nitrogen and oxygen atoms in total. The van der Waals surface area contributed by atoms with Crippen LogP contribution in [0, 0.1) is 0 Å². The molecule has 0 spiro atoms. The van der Waals surface area contributed by atoms with Crippen LogP contribution in [0.5, 0.6) is 5.75 Å². The van der Waals surface area contributed by atoms with Crippen molar-refractivity contribution in [3.05, 3.63) is 113 Å². The van der Waals surface area contributed by atoms with Crippen molar-refractivity contribution in [2.75, 3.05) is 77.1 Å². The molecule has 74 heavy (non-hydrogen) atoms. The van der Waals surface area contributed by atoms with Gasteiger partial charge in [-0.2, -0.15) is 13.0 Å². The fourth-order valence-corrected chi connectivity index (χ4v) is 10.6. The number of fused-ring (bicyclic) bond motifs is 3. The van der Waals surface area contributed by atoms with Gasteiger partial charge >= 0.3 is 35.5 Å². The second kappa shape index (κ2) is 25.3. The molecule has 4 heterocycles. The number of hydrogen-bond acceptors (Lipinski definition) is 15. The van der Waals surface area contributed by atoms with E-state index in [1.165, 1.54) is 18.2 Å². The molecule has 1 saturated heterocycles. The van der Waals surface area contributed by atoms with Gasteiger partial charge < -0.3 is 38.0 Å². The molecule has 3 aromatic rings. The number of hydroxylamine groups is 2. The van der Waals surface area contributed by atoms with Crippen LogP contribution in [0.3, 0.4) is 0 Å². The van der Waals surface area contributed by atoms with Crippen LogP contribution < -0.4 is 39.2 Å². The fourth-order valence-electron chi connectivity index (χ4n) is 9.64. The van der Waals surface area contributed by atoms with Crippen molar-refractivity contribution in [2.45, 2.75) is 82.1 Å². The Hall–Kier alpha value is -4.84. The second-order valence-corrected chi connectivity index (χ2v) is 21.8. The Balaban J connectivity index is 0.00000892. The predicted octanol–water partition coefficient (Wildman–Crippen LogP) is 3.78. The molecule has 1 atom stereocenters. The number of allylic oxidation sites excluding steroid dienone is 6. The number of methoxy groups -OCH3 is 1. The normalized spacial score (nSPS) is 18.8. The summed E-state index contributed by atoms with van der Waals surface area (Å²) < 4.78 is 102. The van der Waals surface area contributed by atoms with Crippen LogP contribution in [0.15, 0.2) is 95.9 Å². The summed E-state index contributed by atoms with van der Waals surface area (Å²) in [5, 5.41) is 0.473. The van der Waals surface area contributed by atoms with E-state index in [9.17, 15) is 40.3 Å². The van der Waals surface area contributed by atoms with Gasteiger partial charge in [0.2, 0.25) is 5.69 Å². The van der Waals surface area contributed by atoms with Crippen LogP contribution in [0.1, 0.15) is 88.5 Å². The minimum Gasteiger partial charge on any atom is -0.744 e. The number of imide groups is 1. The molecule has 0 radical (unpaired) electrons. The first-order chi connectivity index (χ1) is 34.7. The number of benzene rings is 3. The van der Waals surface area contributed by atoms with E-state index in [0.29, 0.717) is 86.3 Å². The van der Waals surface area contributed by atoms with E-state index in [1.807, 2.05) is 66.1 Å². The molecule has 1 fully saturated rings. The number of hydrogen-bond donors (Lipinski definition) is 1. The summed E-state index contributed by atoms with van der Waals surface area (Å²) in [6.07, 6.45) is 9.67. The number of rotatable bonds is 25. The maximum atomic E-state index is 13.0. The zero-order valence-corrected chi connectivity index (χ0v) is 46.4. The standard InChI is InChI=1S/C53H63N3O15S2.Na/c1-37-36-52(2,3)55(23-24-67-27-28-69-30-29-68-26-25-66-5)45-35-47-42(34-41(37)45)39(32-46(70-47)38-12-7-6-8-13-38)14-9-15-48-53(4,21-10-16-51(59)71-56-49(57)19-20-50(56)58)43-33-40(73(63,64)65)17-18-44(43)54(48)22-11-31-72(60,61)62;/h6-9,12-15,17-18,32-36H,10-11,16,19-31H2,1-5H3,(H-,60,61,62,63,64,65);/q;+1. The minimum absolute atomic E-state index is 0. The zero-order valence-electron chi connectivity index (χ0n) is 42.8. The van der Waals surface area contributed by atoms with Gasteiger partial charge in [0.05, 0.1) is 67.9 Å². The van der Waals surface area contributed by atoms with Crippen molar-refractivity contribution in [3.63, 3.8) is 0 Å². The molecule has 392 valence electrons. The Morgan fingerprint density at radius 2 is 1.54 bits per heavy atom. The number of anilines is 1. The monoisotopic (exact) mass is 1070 g/mol. The van der Waals surface area contributed by atoms with Gasteiger partial charge in [0.1, 0.15) is 28.2 Å². The molecule has 0 saturated carbocycles. The van der Waals surface area contributed by atoms with E-state index in [-0.39, 0.29) is 80.2 Å². The van der Waals surface area contributed by atoms with E-state index in [1.54, 1.807) is 7.11 Å². The Morgan fingerprint density at radius 1 is 0.878 bits per heavy atom. The van der Waals surface area contributed by atoms with Gasteiger partial charge in [0.15, 0.2) is 5.71 Å². The molecular formula is C53H63N3NaO15S2+. The summed E-state index contributed by atoms with van der Waals surface area (Å²) in [6, 6.07) is 17.8. The quantitative estimate of drug-likeness (QED) is 0.0419. The molecule has 3 aromatic carbocycles. The Morgan fingerprint density at radius 3 is 2.19 bits per heavy atom. The van der Waals surface area contributed by atoms with Crippen LogP contribution in [-0.2, 0) is 63.8 Å². The molecule has 4 aliphatic rings. The zero-order chi connectivity index (χ0) is 52.6. The first-order valence-electron chi connectivity index (χ1n) is 24.2. The predicted molar refractivity (Wildman–Crippen MR) is 272 cm³/mol. The third-order valence-electron chi connectivity index (χ3n) is 13.2. The summed E-state index contributed by atoms with van der Waals surface area (Å²) in [5.74, 6) is -1.41. The third kappa shape index (κ3) is 14.3. The van der Waals surface area contributed by atoms with Crippen molar-refractivity contribution in [2.24, 2.45) is 0 Å². The molecule has 0 aliphatic carbocycles. The summed E-state index contributed by atoms with van der Waals surface area (Å²) in [4.78, 5) is 44.3. The maximum absolute atomic E-state index is 13.0. The van der Waals surface area contributed by atoms with Gasteiger partial charge in [0.25, 0.3) is 21.9 Å². The molecule has 21 heteroatoms. The topological polar surface area (TPSA) is 228 Å². The Kier molecular flexibility index (Phi) is 20.0. The summed E-state index contributed by atoms with van der Waals surface area (Å²) in [7, 11) is -7.66. The summed E-state index contributed by atoms with van der Waals surface area (Å²) in [6.45, 7) is 12.1. The maximum Gasteiger partial charge on any atom is 1.00 e.